The molecule has 2 aromatic rings. The van der Waals surface area contributed by atoms with E-state index in [0.717, 1.165) is 31.5 Å². The van der Waals surface area contributed by atoms with Gasteiger partial charge in [0.2, 0.25) is 0 Å². The lowest BCUT2D eigenvalue weighted by atomic mass is 9.98. The fourth-order valence-corrected chi connectivity index (χ4v) is 2.28. The SMILES string of the molecule is CCCCC(CC)c1nnc2ccc(C(=O)O)cn12. The normalized spacial score (nSPS) is 12.7. The molecule has 2 aromatic heterocycles. The van der Waals surface area contributed by atoms with E-state index < -0.39 is 5.97 Å². The van der Waals surface area contributed by atoms with E-state index >= 15 is 0 Å². The minimum Gasteiger partial charge on any atom is -0.478 e. The van der Waals surface area contributed by atoms with Crippen molar-refractivity contribution in [1.29, 1.82) is 0 Å². The van der Waals surface area contributed by atoms with Crippen LogP contribution >= 0.6 is 0 Å². The van der Waals surface area contributed by atoms with Crippen molar-refractivity contribution in [2.45, 2.75) is 45.4 Å². The van der Waals surface area contributed by atoms with Crippen molar-refractivity contribution in [3.63, 3.8) is 0 Å². The third-order valence-corrected chi connectivity index (χ3v) is 3.44. The molecule has 0 spiro atoms. The molecule has 2 heterocycles. The maximum atomic E-state index is 11.0. The van der Waals surface area contributed by atoms with Gasteiger partial charge < -0.3 is 5.11 Å². The van der Waals surface area contributed by atoms with Crippen molar-refractivity contribution >= 4 is 11.6 Å². The lowest BCUT2D eigenvalue weighted by molar-refractivity contribution is 0.0696. The molecule has 0 aliphatic heterocycles. The van der Waals surface area contributed by atoms with Crippen LogP contribution in [0.2, 0.25) is 0 Å². The highest BCUT2D eigenvalue weighted by Gasteiger charge is 2.17. The maximum absolute atomic E-state index is 11.0. The summed E-state index contributed by atoms with van der Waals surface area (Å²) in [7, 11) is 0. The Bertz CT molecular complexity index is 577. The molecule has 1 unspecified atom stereocenters. The highest BCUT2D eigenvalue weighted by molar-refractivity contribution is 5.87. The molecule has 102 valence electrons. The van der Waals surface area contributed by atoms with Gasteiger partial charge in [-0.05, 0) is 25.0 Å². The van der Waals surface area contributed by atoms with Gasteiger partial charge >= 0.3 is 5.97 Å². The van der Waals surface area contributed by atoms with Crippen molar-refractivity contribution in [2.24, 2.45) is 0 Å². The minimum atomic E-state index is -0.928. The molecule has 0 radical (unpaired) electrons. The number of pyridine rings is 1. The van der Waals surface area contributed by atoms with E-state index in [1.54, 1.807) is 18.3 Å². The van der Waals surface area contributed by atoms with Gasteiger partial charge in [0.1, 0.15) is 5.82 Å². The second-order valence-electron chi connectivity index (χ2n) is 4.76. The van der Waals surface area contributed by atoms with Crippen LogP contribution in [0.1, 0.15) is 61.6 Å². The van der Waals surface area contributed by atoms with Gasteiger partial charge in [0.05, 0.1) is 5.56 Å². The van der Waals surface area contributed by atoms with E-state index in [1.165, 1.54) is 0 Å². The number of rotatable bonds is 6. The molecule has 0 aliphatic rings. The van der Waals surface area contributed by atoms with E-state index in [0.29, 0.717) is 11.6 Å². The Morgan fingerprint density at radius 1 is 1.37 bits per heavy atom. The number of aromatic nitrogens is 3. The van der Waals surface area contributed by atoms with Crippen molar-refractivity contribution in [1.82, 2.24) is 14.6 Å². The van der Waals surface area contributed by atoms with Gasteiger partial charge in [-0.15, -0.1) is 10.2 Å². The van der Waals surface area contributed by atoms with Crippen LogP contribution in [0.15, 0.2) is 18.3 Å². The quantitative estimate of drug-likeness (QED) is 0.867. The smallest absolute Gasteiger partial charge is 0.337 e. The molecule has 0 bridgehead atoms. The van der Waals surface area contributed by atoms with Gasteiger partial charge in [0.25, 0.3) is 0 Å². The molecule has 5 heteroatoms. The van der Waals surface area contributed by atoms with Crippen LogP contribution in [0.25, 0.3) is 5.65 Å². The zero-order valence-corrected chi connectivity index (χ0v) is 11.3. The lowest BCUT2D eigenvalue weighted by Crippen LogP contribution is -2.06. The summed E-state index contributed by atoms with van der Waals surface area (Å²) < 4.78 is 1.81. The van der Waals surface area contributed by atoms with E-state index in [9.17, 15) is 4.79 Å². The number of nitrogens with zero attached hydrogens (tertiary/aromatic N) is 3. The van der Waals surface area contributed by atoms with Crippen LogP contribution in [-0.2, 0) is 0 Å². The molecule has 0 aromatic carbocycles. The second kappa shape index (κ2) is 5.82. The highest BCUT2D eigenvalue weighted by Crippen LogP contribution is 2.24. The molecule has 1 N–H and O–H groups in total. The summed E-state index contributed by atoms with van der Waals surface area (Å²) in [6.07, 6.45) is 5.95. The summed E-state index contributed by atoms with van der Waals surface area (Å²) in [4.78, 5) is 11.0. The van der Waals surface area contributed by atoms with Crippen LogP contribution < -0.4 is 0 Å². The Balaban J connectivity index is 2.41. The third-order valence-electron chi connectivity index (χ3n) is 3.44. The summed E-state index contributed by atoms with van der Waals surface area (Å²) in [5, 5.41) is 17.4. The van der Waals surface area contributed by atoms with Crippen LogP contribution in [0.5, 0.6) is 0 Å². The minimum absolute atomic E-state index is 0.263. The summed E-state index contributed by atoms with van der Waals surface area (Å²) in [5.41, 5.74) is 0.967. The molecule has 0 fully saturated rings. The van der Waals surface area contributed by atoms with Crippen LogP contribution in [0.4, 0.5) is 0 Å². The zero-order valence-electron chi connectivity index (χ0n) is 11.3. The Kier molecular flexibility index (Phi) is 4.14. The Labute approximate surface area is 112 Å². The molecule has 0 saturated heterocycles. The number of carbonyl (C=O) groups is 1. The number of carboxylic acids is 1. The van der Waals surface area contributed by atoms with Crippen molar-refractivity contribution in [2.75, 3.05) is 0 Å². The van der Waals surface area contributed by atoms with Gasteiger partial charge in [-0.2, -0.15) is 0 Å². The number of hydrogen-bond donors (Lipinski definition) is 1. The van der Waals surface area contributed by atoms with Gasteiger partial charge in [0.15, 0.2) is 5.65 Å². The van der Waals surface area contributed by atoms with Crippen molar-refractivity contribution < 1.29 is 9.90 Å². The average molecular weight is 261 g/mol. The lowest BCUT2D eigenvalue weighted by Gasteiger charge is -2.12. The average Bonchev–Trinajstić information content (AvgIpc) is 2.83. The molecule has 19 heavy (non-hydrogen) atoms. The first-order valence-electron chi connectivity index (χ1n) is 6.75. The largest absolute Gasteiger partial charge is 0.478 e. The summed E-state index contributed by atoms with van der Waals surface area (Å²) >= 11 is 0. The first kappa shape index (κ1) is 13.5. The van der Waals surface area contributed by atoms with E-state index in [1.807, 2.05) is 4.40 Å². The zero-order chi connectivity index (χ0) is 13.8. The standard InChI is InChI=1S/C14H19N3O2/c1-3-5-6-10(4-2)13-16-15-12-8-7-11(14(18)19)9-17(12)13/h7-10H,3-6H2,1-2H3,(H,18,19). The molecular weight excluding hydrogens is 242 g/mol. The topological polar surface area (TPSA) is 67.5 Å². The van der Waals surface area contributed by atoms with Gasteiger partial charge in [-0.25, -0.2) is 4.79 Å². The van der Waals surface area contributed by atoms with Crippen LogP contribution in [0, 0.1) is 0 Å². The number of aromatic carboxylic acids is 1. The molecule has 0 aliphatic carbocycles. The number of unbranched alkanes of at least 4 members (excludes halogenated alkanes) is 1. The summed E-state index contributed by atoms with van der Waals surface area (Å²) in [6.45, 7) is 4.29. The summed E-state index contributed by atoms with van der Waals surface area (Å²) in [6, 6.07) is 3.26. The number of hydrogen-bond acceptors (Lipinski definition) is 3. The van der Waals surface area contributed by atoms with Gasteiger partial charge in [-0.3, -0.25) is 4.40 Å². The highest BCUT2D eigenvalue weighted by atomic mass is 16.4. The van der Waals surface area contributed by atoms with Gasteiger partial charge in [-0.1, -0.05) is 26.7 Å². The van der Waals surface area contributed by atoms with Crippen LogP contribution in [-0.4, -0.2) is 25.7 Å². The Morgan fingerprint density at radius 2 is 2.16 bits per heavy atom. The van der Waals surface area contributed by atoms with Crippen molar-refractivity contribution in [3.05, 3.63) is 29.7 Å². The molecule has 0 amide bonds. The monoisotopic (exact) mass is 261 g/mol. The van der Waals surface area contributed by atoms with Crippen molar-refractivity contribution in [3.8, 4) is 0 Å². The number of carboxylic acid groups (broad SMARTS) is 1. The molecule has 2 rings (SSSR count). The first-order valence-corrected chi connectivity index (χ1v) is 6.75. The maximum Gasteiger partial charge on any atom is 0.337 e. The molecule has 5 nitrogen and oxygen atoms in total. The van der Waals surface area contributed by atoms with E-state index in [4.69, 9.17) is 5.11 Å². The molecular formula is C14H19N3O2. The van der Waals surface area contributed by atoms with Gasteiger partial charge in [0, 0.05) is 12.1 Å². The fraction of sp³-hybridized carbons (Fsp3) is 0.500. The number of fused-ring (bicyclic) bond motifs is 1. The second-order valence-corrected chi connectivity index (χ2v) is 4.76. The Hall–Kier alpha value is -1.91. The predicted octanol–water partition coefficient (Wildman–Crippen LogP) is 3.11. The Morgan fingerprint density at radius 3 is 2.79 bits per heavy atom. The summed E-state index contributed by atoms with van der Waals surface area (Å²) in [5.74, 6) is 0.274. The molecule has 1 atom stereocenters. The van der Waals surface area contributed by atoms with E-state index in [2.05, 4.69) is 24.0 Å². The van der Waals surface area contributed by atoms with E-state index in [-0.39, 0.29) is 5.56 Å². The third kappa shape index (κ3) is 2.75. The van der Waals surface area contributed by atoms with Crippen LogP contribution in [0.3, 0.4) is 0 Å². The molecule has 0 saturated carbocycles. The fourth-order valence-electron chi connectivity index (χ4n) is 2.28. The predicted molar refractivity (Wildman–Crippen MR) is 72.5 cm³/mol. The first-order chi connectivity index (χ1) is 9.17.